The van der Waals surface area contributed by atoms with Gasteiger partial charge >= 0.3 is 0 Å². The first-order valence-corrected chi connectivity index (χ1v) is 7.13. The molecule has 0 atom stereocenters. The Morgan fingerprint density at radius 1 is 1.00 bits per heavy atom. The van der Waals surface area contributed by atoms with E-state index in [0.29, 0.717) is 6.54 Å². The lowest BCUT2D eigenvalue weighted by molar-refractivity contribution is 1.00. The largest absolute Gasteiger partial charge is 0.378 e. The average molecular weight is 277 g/mol. The van der Waals surface area contributed by atoms with Gasteiger partial charge in [-0.2, -0.15) is 0 Å². The molecule has 0 amide bonds. The van der Waals surface area contributed by atoms with Gasteiger partial charge in [0.1, 0.15) is 5.82 Å². The Morgan fingerprint density at radius 2 is 1.81 bits per heavy atom. The fourth-order valence-corrected chi connectivity index (χ4v) is 2.25. The first-order valence-electron chi connectivity index (χ1n) is 7.13. The Balaban J connectivity index is 1.72. The van der Waals surface area contributed by atoms with Gasteiger partial charge in [-0.05, 0) is 48.7 Å². The van der Waals surface area contributed by atoms with E-state index in [1.165, 1.54) is 16.7 Å². The van der Waals surface area contributed by atoms with E-state index in [2.05, 4.69) is 47.3 Å². The van der Waals surface area contributed by atoms with Crippen LogP contribution in [-0.4, -0.2) is 9.97 Å². The highest BCUT2D eigenvalue weighted by atomic mass is 15.0. The monoisotopic (exact) mass is 277 g/mol. The van der Waals surface area contributed by atoms with Crippen molar-refractivity contribution < 1.29 is 0 Å². The molecule has 1 heterocycles. The Kier molecular flexibility index (Phi) is 3.73. The lowest BCUT2D eigenvalue weighted by Gasteiger charge is -2.04. The minimum absolute atomic E-state index is 0.689. The molecule has 0 radical (unpaired) electrons. The zero-order chi connectivity index (χ0) is 14.7. The fourth-order valence-electron chi connectivity index (χ4n) is 2.25. The van der Waals surface area contributed by atoms with Crippen molar-refractivity contribution in [2.75, 3.05) is 5.32 Å². The molecule has 0 bridgehead atoms. The highest BCUT2D eigenvalue weighted by Gasteiger charge is 2.04. The van der Waals surface area contributed by atoms with E-state index >= 15 is 0 Å². The fraction of sp³-hybridized carbons (Fsp3) is 0.167. The van der Waals surface area contributed by atoms with Gasteiger partial charge in [0.15, 0.2) is 0 Å². The molecule has 2 N–H and O–H groups in total. The summed E-state index contributed by atoms with van der Waals surface area (Å²) in [6.07, 6.45) is 1.89. The van der Waals surface area contributed by atoms with Crippen LogP contribution in [0.25, 0.3) is 11.3 Å². The quantitative estimate of drug-likeness (QED) is 0.746. The molecule has 2 aromatic carbocycles. The van der Waals surface area contributed by atoms with Crippen LogP contribution in [0, 0.1) is 13.8 Å². The predicted molar refractivity (Wildman–Crippen MR) is 87.3 cm³/mol. The third kappa shape index (κ3) is 3.14. The highest BCUT2D eigenvalue weighted by Crippen LogP contribution is 2.20. The summed E-state index contributed by atoms with van der Waals surface area (Å²) in [5.41, 5.74) is 5.94. The van der Waals surface area contributed by atoms with E-state index in [4.69, 9.17) is 0 Å². The topological polar surface area (TPSA) is 40.7 Å². The lowest BCUT2D eigenvalue weighted by Crippen LogP contribution is -2.00. The van der Waals surface area contributed by atoms with E-state index in [-0.39, 0.29) is 0 Å². The summed E-state index contributed by atoms with van der Waals surface area (Å²) >= 11 is 0. The van der Waals surface area contributed by atoms with E-state index in [9.17, 15) is 0 Å². The molecule has 3 rings (SSSR count). The number of benzene rings is 2. The normalized spacial score (nSPS) is 10.6. The minimum Gasteiger partial charge on any atom is -0.378 e. The van der Waals surface area contributed by atoms with Gasteiger partial charge in [0.25, 0.3) is 0 Å². The molecular formula is C18H19N3. The van der Waals surface area contributed by atoms with Crippen molar-refractivity contribution in [3.63, 3.8) is 0 Å². The van der Waals surface area contributed by atoms with E-state index < -0.39 is 0 Å². The third-order valence-corrected chi connectivity index (χ3v) is 3.68. The number of aryl methyl sites for hydroxylation is 2. The summed E-state index contributed by atoms with van der Waals surface area (Å²) < 4.78 is 0. The first-order chi connectivity index (χ1) is 10.2. The number of H-pyrrole nitrogens is 1. The van der Waals surface area contributed by atoms with Crippen molar-refractivity contribution in [1.29, 1.82) is 0 Å². The summed E-state index contributed by atoms with van der Waals surface area (Å²) in [7, 11) is 0. The number of aromatic amines is 1. The molecule has 0 saturated carbocycles. The molecule has 0 aliphatic heterocycles. The summed E-state index contributed by atoms with van der Waals surface area (Å²) in [5, 5.41) is 3.35. The zero-order valence-electron chi connectivity index (χ0n) is 12.4. The molecule has 0 saturated heterocycles. The van der Waals surface area contributed by atoms with Crippen molar-refractivity contribution in [2.24, 2.45) is 0 Å². The van der Waals surface area contributed by atoms with Gasteiger partial charge in [0.05, 0.1) is 18.4 Å². The van der Waals surface area contributed by atoms with Gasteiger partial charge in [-0.1, -0.05) is 30.3 Å². The third-order valence-electron chi connectivity index (χ3n) is 3.68. The summed E-state index contributed by atoms with van der Waals surface area (Å²) in [5.74, 6) is 0.937. The van der Waals surface area contributed by atoms with E-state index in [0.717, 1.165) is 17.2 Å². The number of hydrogen-bond donors (Lipinski definition) is 2. The van der Waals surface area contributed by atoms with E-state index in [1.54, 1.807) is 0 Å². The van der Waals surface area contributed by atoms with Gasteiger partial charge in [-0.15, -0.1) is 0 Å². The summed E-state index contributed by atoms with van der Waals surface area (Å²) in [4.78, 5) is 7.81. The molecule has 106 valence electrons. The van der Waals surface area contributed by atoms with Crippen LogP contribution < -0.4 is 5.32 Å². The second-order valence-corrected chi connectivity index (χ2v) is 5.26. The number of anilines is 1. The van der Waals surface area contributed by atoms with Crippen molar-refractivity contribution in [2.45, 2.75) is 20.4 Å². The second-order valence-electron chi connectivity index (χ2n) is 5.26. The maximum absolute atomic E-state index is 4.44. The standard InChI is InChI=1S/C18H19N3/c1-13-8-9-15(10-14(13)2)17-11-20-18(21-17)12-19-16-6-4-3-5-7-16/h3-11,19H,12H2,1-2H3,(H,20,21). The molecule has 21 heavy (non-hydrogen) atoms. The van der Waals surface area contributed by atoms with Crippen molar-refractivity contribution >= 4 is 5.69 Å². The molecule has 0 aliphatic rings. The van der Waals surface area contributed by atoms with Crippen molar-refractivity contribution in [3.05, 3.63) is 71.7 Å². The summed E-state index contributed by atoms with van der Waals surface area (Å²) in [6.45, 7) is 4.95. The Bertz CT molecular complexity index is 729. The van der Waals surface area contributed by atoms with Crippen LogP contribution in [0.15, 0.2) is 54.7 Å². The van der Waals surface area contributed by atoms with Crippen molar-refractivity contribution in [3.8, 4) is 11.3 Å². The van der Waals surface area contributed by atoms with Crippen LogP contribution in [0.2, 0.25) is 0 Å². The second kappa shape index (κ2) is 5.83. The SMILES string of the molecule is Cc1ccc(-c2cnc(CNc3ccccc3)[nH]2)cc1C. The maximum atomic E-state index is 4.44. The average Bonchev–Trinajstić information content (AvgIpc) is 2.98. The Labute approximate surface area is 125 Å². The van der Waals surface area contributed by atoms with Crippen molar-refractivity contribution in [1.82, 2.24) is 9.97 Å². The zero-order valence-corrected chi connectivity index (χ0v) is 12.4. The van der Waals surface area contributed by atoms with Gasteiger partial charge in [0, 0.05) is 5.69 Å². The molecule has 0 unspecified atom stereocenters. The van der Waals surface area contributed by atoms with Crippen LogP contribution in [0.4, 0.5) is 5.69 Å². The molecule has 3 heteroatoms. The molecule has 3 aromatic rings. The smallest absolute Gasteiger partial charge is 0.125 e. The van der Waals surface area contributed by atoms with Crippen LogP contribution in [0.3, 0.4) is 0 Å². The Morgan fingerprint density at radius 3 is 2.57 bits per heavy atom. The molecule has 0 spiro atoms. The number of aromatic nitrogens is 2. The maximum Gasteiger partial charge on any atom is 0.125 e. The number of nitrogens with one attached hydrogen (secondary N) is 2. The number of para-hydroxylation sites is 1. The Hall–Kier alpha value is -2.55. The molecule has 1 aromatic heterocycles. The number of imidazole rings is 1. The summed E-state index contributed by atoms with van der Waals surface area (Å²) in [6, 6.07) is 16.6. The molecule has 3 nitrogen and oxygen atoms in total. The molecule has 0 aliphatic carbocycles. The molecular weight excluding hydrogens is 258 g/mol. The highest BCUT2D eigenvalue weighted by molar-refractivity contribution is 5.60. The van der Waals surface area contributed by atoms with Gasteiger partial charge in [-0.3, -0.25) is 0 Å². The van der Waals surface area contributed by atoms with E-state index in [1.807, 2.05) is 36.5 Å². The van der Waals surface area contributed by atoms with Crippen LogP contribution in [0.5, 0.6) is 0 Å². The van der Waals surface area contributed by atoms with Gasteiger partial charge < -0.3 is 10.3 Å². The number of nitrogens with zero attached hydrogens (tertiary/aromatic N) is 1. The van der Waals surface area contributed by atoms with Gasteiger partial charge in [-0.25, -0.2) is 4.98 Å². The number of rotatable bonds is 4. The molecule has 0 fully saturated rings. The number of hydrogen-bond acceptors (Lipinski definition) is 2. The first kappa shape index (κ1) is 13.4. The predicted octanol–water partition coefficient (Wildman–Crippen LogP) is 4.31. The minimum atomic E-state index is 0.689. The van der Waals surface area contributed by atoms with Crippen LogP contribution >= 0.6 is 0 Å². The lowest BCUT2D eigenvalue weighted by atomic mass is 10.1. The van der Waals surface area contributed by atoms with Gasteiger partial charge in [0.2, 0.25) is 0 Å². The van der Waals surface area contributed by atoms with Crippen LogP contribution in [-0.2, 0) is 6.54 Å². The van der Waals surface area contributed by atoms with Crippen LogP contribution in [0.1, 0.15) is 17.0 Å².